The summed E-state index contributed by atoms with van der Waals surface area (Å²) in [6.45, 7) is 7.80. The van der Waals surface area contributed by atoms with E-state index in [0.717, 1.165) is 11.1 Å². The first-order valence-electron chi connectivity index (χ1n) is 9.61. The van der Waals surface area contributed by atoms with E-state index in [0.29, 0.717) is 35.0 Å². The maximum absolute atomic E-state index is 13.3. The van der Waals surface area contributed by atoms with Gasteiger partial charge in [0.1, 0.15) is 17.2 Å². The van der Waals surface area contributed by atoms with Crippen LogP contribution in [0.2, 0.25) is 0 Å². The van der Waals surface area contributed by atoms with Gasteiger partial charge in [0.15, 0.2) is 0 Å². The fraction of sp³-hybridized carbons (Fsp3) is 0.292. The van der Waals surface area contributed by atoms with Crippen LogP contribution in [0.15, 0.2) is 46.3 Å². The van der Waals surface area contributed by atoms with Crippen molar-refractivity contribution in [3.8, 4) is 17.2 Å². The molecule has 0 bridgehead atoms. The Kier molecular flexibility index (Phi) is 5.42. The monoisotopic (exact) mass is 393 g/mol. The Morgan fingerprint density at radius 3 is 2.10 bits per heavy atom. The number of hydrogen-bond acceptors (Lipinski definition) is 4. The smallest absolute Gasteiger partial charge is 0.204 e. The molecule has 0 aliphatic heterocycles. The van der Waals surface area contributed by atoms with Crippen LogP contribution >= 0.6 is 0 Å². The molecule has 3 aromatic rings. The zero-order chi connectivity index (χ0) is 21.5. The van der Waals surface area contributed by atoms with Gasteiger partial charge < -0.3 is 19.9 Å². The highest BCUT2D eigenvalue weighted by atomic mass is 16.3. The third kappa shape index (κ3) is 3.60. The lowest BCUT2D eigenvalue weighted by Crippen LogP contribution is -2.11. The average Bonchev–Trinajstić information content (AvgIpc) is 2.64. The van der Waals surface area contributed by atoms with E-state index in [9.17, 15) is 20.1 Å². The van der Waals surface area contributed by atoms with Crippen LogP contribution in [0, 0.1) is 0 Å². The van der Waals surface area contributed by atoms with Gasteiger partial charge in [-0.1, -0.05) is 29.4 Å². The van der Waals surface area contributed by atoms with Gasteiger partial charge in [0.05, 0.1) is 21.8 Å². The van der Waals surface area contributed by atoms with Crippen molar-refractivity contribution in [3.05, 3.63) is 62.8 Å². The minimum absolute atomic E-state index is 0.0637. The van der Waals surface area contributed by atoms with Gasteiger partial charge in [-0.2, -0.15) is 0 Å². The van der Waals surface area contributed by atoms with Gasteiger partial charge >= 0.3 is 0 Å². The average molecular weight is 393 g/mol. The van der Waals surface area contributed by atoms with Gasteiger partial charge in [0.25, 0.3) is 0 Å². The molecule has 0 saturated carbocycles. The molecule has 5 heteroatoms. The highest BCUT2D eigenvalue weighted by molar-refractivity contribution is 6.00. The summed E-state index contributed by atoms with van der Waals surface area (Å²) in [4.78, 5) is 13.3. The van der Waals surface area contributed by atoms with Crippen LogP contribution in [-0.4, -0.2) is 19.9 Å². The number of fused-ring (bicyclic) bond motifs is 2. The lowest BCUT2D eigenvalue weighted by Gasteiger charge is -2.16. The van der Waals surface area contributed by atoms with E-state index in [1.807, 2.05) is 39.8 Å². The number of allylic oxidation sites excluding steroid dienone is 4. The summed E-state index contributed by atoms with van der Waals surface area (Å²) >= 11 is 0. The van der Waals surface area contributed by atoms with E-state index in [-0.39, 0.29) is 28.0 Å². The van der Waals surface area contributed by atoms with Crippen LogP contribution in [0.4, 0.5) is 0 Å². The number of rotatable bonds is 4. The number of aromatic hydroxyl groups is 3. The lowest BCUT2D eigenvalue weighted by molar-refractivity contribution is 0.445. The molecule has 0 aliphatic carbocycles. The number of pyridine rings is 1. The summed E-state index contributed by atoms with van der Waals surface area (Å²) in [7, 11) is 1.74. The van der Waals surface area contributed by atoms with E-state index < -0.39 is 5.43 Å². The predicted molar refractivity (Wildman–Crippen MR) is 118 cm³/mol. The van der Waals surface area contributed by atoms with Crippen molar-refractivity contribution in [2.75, 3.05) is 0 Å². The summed E-state index contributed by atoms with van der Waals surface area (Å²) < 4.78 is 1.71. The molecule has 1 aromatic heterocycles. The highest BCUT2D eigenvalue weighted by Crippen LogP contribution is 2.37. The third-order valence-corrected chi connectivity index (χ3v) is 5.22. The SMILES string of the molecule is CC(C)=CCc1ccc2c(c1O)c(=O)c1c(O)c(CC=C(C)C)c(O)cc1n2C. The summed E-state index contributed by atoms with van der Waals surface area (Å²) in [5, 5.41) is 32.4. The molecule has 0 fully saturated rings. The van der Waals surface area contributed by atoms with E-state index in [4.69, 9.17) is 0 Å². The summed E-state index contributed by atoms with van der Waals surface area (Å²) in [6, 6.07) is 5.08. The molecule has 5 nitrogen and oxygen atoms in total. The fourth-order valence-electron chi connectivity index (χ4n) is 3.54. The van der Waals surface area contributed by atoms with Gasteiger partial charge in [-0.05, 0) is 52.2 Å². The molecule has 0 spiro atoms. The number of phenolic OH excluding ortho intramolecular Hbond substituents is 3. The van der Waals surface area contributed by atoms with Crippen molar-refractivity contribution >= 4 is 21.8 Å². The van der Waals surface area contributed by atoms with Crippen LogP contribution in [0.3, 0.4) is 0 Å². The van der Waals surface area contributed by atoms with E-state index in [2.05, 4.69) is 0 Å². The molecule has 152 valence electrons. The number of nitrogens with zero attached hydrogens (tertiary/aromatic N) is 1. The molecule has 3 N–H and O–H groups in total. The molecule has 0 saturated heterocycles. The minimum Gasteiger partial charge on any atom is -0.507 e. The van der Waals surface area contributed by atoms with E-state index in [1.54, 1.807) is 23.7 Å². The second kappa shape index (κ2) is 7.66. The Labute approximate surface area is 169 Å². The molecule has 0 unspecified atom stereocenters. The second-order valence-electron chi connectivity index (χ2n) is 7.94. The number of benzene rings is 2. The van der Waals surface area contributed by atoms with Crippen LogP contribution in [0.1, 0.15) is 38.8 Å². The quantitative estimate of drug-likeness (QED) is 0.438. The molecular weight excluding hydrogens is 366 g/mol. The standard InChI is InChI=1S/C24H27NO4/c1-13(2)6-8-15-9-11-17-20(22(15)27)24(29)21-18(25(17)5)12-19(26)16(23(21)28)10-7-14(3)4/h6-7,9,11-12,26-28H,8,10H2,1-5H3. The molecule has 0 atom stereocenters. The molecule has 0 radical (unpaired) electrons. The highest BCUT2D eigenvalue weighted by Gasteiger charge is 2.20. The first-order chi connectivity index (χ1) is 13.6. The van der Waals surface area contributed by atoms with Crippen LogP contribution in [0.25, 0.3) is 21.8 Å². The fourth-order valence-corrected chi connectivity index (χ4v) is 3.54. The minimum atomic E-state index is -0.444. The Morgan fingerprint density at radius 1 is 0.897 bits per heavy atom. The Hall–Kier alpha value is -3.21. The van der Waals surface area contributed by atoms with Crippen LogP contribution in [-0.2, 0) is 19.9 Å². The maximum atomic E-state index is 13.3. The van der Waals surface area contributed by atoms with Crippen molar-refractivity contribution < 1.29 is 15.3 Å². The van der Waals surface area contributed by atoms with Crippen molar-refractivity contribution in [1.82, 2.24) is 4.57 Å². The van der Waals surface area contributed by atoms with Gasteiger partial charge in [-0.3, -0.25) is 4.79 Å². The van der Waals surface area contributed by atoms with Gasteiger partial charge in [0.2, 0.25) is 5.43 Å². The van der Waals surface area contributed by atoms with Gasteiger partial charge in [0, 0.05) is 18.7 Å². The molecule has 3 rings (SSSR count). The zero-order valence-corrected chi connectivity index (χ0v) is 17.5. The molecule has 0 amide bonds. The molecule has 29 heavy (non-hydrogen) atoms. The third-order valence-electron chi connectivity index (χ3n) is 5.22. The van der Waals surface area contributed by atoms with Crippen LogP contribution < -0.4 is 5.43 Å². The van der Waals surface area contributed by atoms with E-state index in [1.165, 1.54) is 6.07 Å². The van der Waals surface area contributed by atoms with Crippen molar-refractivity contribution in [3.63, 3.8) is 0 Å². The number of phenols is 3. The number of aryl methyl sites for hydroxylation is 1. The number of aromatic nitrogens is 1. The Balaban J connectivity index is 2.40. The summed E-state index contributed by atoms with van der Waals surface area (Å²) in [5.41, 5.74) is 3.62. The molecular formula is C24H27NO4. The number of hydrogen-bond donors (Lipinski definition) is 3. The Bertz CT molecular complexity index is 1240. The summed E-state index contributed by atoms with van der Waals surface area (Å²) in [6.07, 6.45) is 4.68. The first-order valence-corrected chi connectivity index (χ1v) is 9.61. The zero-order valence-electron chi connectivity index (χ0n) is 17.5. The van der Waals surface area contributed by atoms with E-state index >= 15 is 0 Å². The van der Waals surface area contributed by atoms with Crippen LogP contribution in [0.5, 0.6) is 17.2 Å². The predicted octanol–water partition coefficient (Wildman–Crippen LogP) is 4.83. The second-order valence-corrected chi connectivity index (χ2v) is 7.94. The van der Waals surface area contributed by atoms with Crippen molar-refractivity contribution in [2.45, 2.75) is 40.5 Å². The Morgan fingerprint density at radius 2 is 1.48 bits per heavy atom. The van der Waals surface area contributed by atoms with Gasteiger partial charge in [-0.25, -0.2) is 0 Å². The molecule has 2 aromatic carbocycles. The first kappa shape index (κ1) is 20.5. The van der Waals surface area contributed by atoms with Crippen molar-refractivity contribution in [2.24, 2.45) is 7.05 Å². The normalized spacial score (nSPS) is 11.1. The lowest BCUT2D eigenvalue weighted by atomic mass is 9.99. The molecule has 0 aliphatic rings. The van der Waals surface area contributed by atoms with Crippen molar-refractivity contribution in [1.29, 1.82) is 0 Å². The topological polar surface area (TPSA) is 82.7 Å². The molecule has 1 heterocycles. The maximum Gasteiger partial charge on any atom is 0.204 e. The summed E-state index contributed by atoms with van der Waals surface area (Å²) in [5.74, 6) is -0.374. The van der Waals surface area contributed by atoms with Gasteiger partial charge in [-0.15, -0.1) is 0 Å². The largest absolute Gasteiger partial charge is 0.507 e.